The maximum atomic E-state index is 10.7. The molecule has 0 N–H and O–H groups in total. The van der Waals surface area contributed by atoms with Crippen molar-refractivity contribution in [1.29, 1.82) is 0 Å². The molecule has 0 aliphatic heterocycles. The predicted molar refractivity (Wildman–Crippen MR) is 48.0 cm³/mol. The zero-order chi connectivity index (χ0) is 7.82. The van der Waals surface area contributed by atoms with Crippen LogP contribution < -0.4 is 0 Å². The summed E-state index contributed by atoms with van der Waals surface area (Å²) < 4.78 is -0.00380. The Balaban J connectivity index is 3.30. The third-order valence-corrected chi connectivity index (χ3v) is 2.35. The Labute approximate surface area is 69.3 Å². The Morgan fingerprint density at radius 2 is 1.60 bits per heavy atom. The quantitative estimate of drug-likeness (QED) is 0.589. The van der Waals surface area contributed by atoms with Gasteiger partial charge in [0.05, 0.1) is 11.5 Å². The summed E-state index contributed by atoms with van der Waals surface area (Å²) in [6, 6.07) is 0. The van der Waals surface area contributed by atoms with E-state index in [1.165, 1.54) is 0 Å². The zero-order valence-corrected chi connectivity index (χ0v) is 6.93. The largest absolute Gasteiger partial charge is 0.274 e. The SMILES string of the molecule is C#CCSC(=O)SCC#C. The van der Waals surface area contributed by atoms with Gasteiger partial charge in [-0.15, -0.1) is 12.8 Å². The number of rotatable bonds is 2. The van der Waals surface area contributed by atoms with E-state index in [-0.39, 0.29) is 4.45 Å². The first kappa shape index (κ1) is 9.49. The van der Waals surface area contributed by atoms with Crippen LogP contribution in [0.4, 0.5) is 4.79 Å². The summed E-state index contributed by atoms with van der Waals surface area (Å²) >= 11 is 2.22. The molecule has 10 heavy (non-hydrogen) atoms. The Bertz CT molecular complexity index is 165. The highest BCUT2D eigenvalue weighted by molar-refractivity contribution is 8.38. The van der Waals surface area contributed by atoms with E-state index in [0.717, 1.165) is 23.5 Å². The van der Waals surface area contributed by atoms with Crippen molar-refractivity contribution < 1.29 is 4.79 Å². The fourth-order valence-corrected chi connectivity index (χ4v) is 1.33. The number of hydrogen-bond acceptors (Lipinski definition) is 3. The molecular weight excluding hydrogens is 164 g/mol. The Morgan fingerprint density at radius 1 is 1.20 bits per heavy atom. The molecule has 0 fully saturated rings. The Morgan fingerprint density at radius 3 is 1.90 bits per heavy atom. The second-order valence-corrected chi connectivity index (χ2v) is 3.39. The van der Waals surface area contributed by atoms with Crippen LogP contribution in [0.1, 0.15) is 0 Å². The third kappa shape index (κ3) is 5.62. The van der Waals surface area contributed by atoms with E-state index in [9.17, 15) is 4.79 Å². The molecule has 0 atom stereocenters. The van der Waals surface area contributed by atoms with Crippen LogP contribution in [0.5, 0.6) is 0 Å². The summed E-state index contributed by atoms with van der Waals surface area (Å²) in [5, 5.41) is 0. The first-order chi connectivity index (χ1) is 4.81. The molecule has 0 saturated heterocycles. The zero-order valence-electron chi connectivity index (χ0n) is 5.29. The lowest BCUT2D eigenvalue weighted by Crippen LogP contribution is -1.83. The third-order valence-electron chi connectivity index (χ3n) is 0.547. The highest BCUT2D eigenvalue weighted by atomic mass is 32.2. The summed E-state index contributed by atoms with van der Waals surface area (Å²) in [6.45, 7) is 0. The van der Waals surface area contributed by atoms with Gasteiger partial charge in [0.15, 0.2) is 0 Å². The van der Waals surface area contributed by atoms with E-state index < -0.39 is 0 Å². The van der Waals surface area contributed by atoms with Gasteiger partial charge in [0.25, 0.3) is 0 Å². The normalized spacial score (nSPS) is 7.80. The molecule has 0 amide bonds. The topological polar surface area (TPSA) is 17.1 Å². The molecule has 0 rings (SSSR count). The van der Waals surface area contributed by atoms with Gasteiger partial charge in [-0.3, -0.25) is 4.79 Å². The summed E-state index contributed by atoms with van der Waals surface area (Å²) in [4.78, 5) is 10.7. The van der Waals surface area contributed by atoms with Gasteiger partial charge in [-0.05, 0) is 0 Å². The van der Waals surface area contributed by atoms with Gasteiger partial charge in [-0.1, -0.05) is 35.4 Å². The van der Waals surface area contributed by atoms with E-state index in [1.54, 1.807) is 0 Å². The molecule has 0 aliphatic rings. The maximum Gasteiger partial charge on any atom is 0.247 e. The molecule has 0 aromatic carbocycles. The second-order valence-electron chi connectivity index (χ2n) is 1.24. The Hall–Kier alpha value is -0.510. The lowest BCUT2D eigenvalue weighted by Gasteiger charge is -1.90. The van der Waals surface area contributed by atoms with Gasteiger partial charge < -0.3 is 0 Å². The first-order valence-electron chi connectivity index (χ1n) is 2.47. The van der Waals surface area contributed by atoms with Crippen LogP contribution in [0.15, 0.2) is 0 Å². The molecule has 0 bridgehead atoms. The number of hydrogen-bond donors (Lipinski definition) is 0. The second kappa shape index (κ2) is 6.61. The van der Waals surface area contributed by atoms with E-state index in [1.807, 2.05) is 0 Å². The highest BCUT2D eigenvalue weighted by Crippen LogP contribution is 2.14. The van der Waals surface area contributed by atoms with E-state index in [2.05, 4.69) is 11.8 Å². The number of terminal acetylenes is 2. The lowest BCUT2D eigenvalue weighted by molar-refractivity contribution is 0.276. The van der Waals surface area contributed by atoms with Crippen molar-refractivity contribution in [3.63, 3.8) is 0 Å². The monoisotopic (exact) mass is 170 g/mol. The van der Waals surface area contributed by atoms with Crippen LogP contribution in [-0.2, 0) is 0 Å². The van der Waals surface area contributed by atoms with Gasteiger partial charge in [0.1, 0.15) is 0 Å². The van der Waals surface area contributed by atoms with Crippen LogP contribution >= 0.6 is 23.5 Å². The number of thioether (sulfide) groups is 2. The molecule has 0 heterocycles. The standard InChI is InChI=1S/C7H6OS2/c1-3-5-9-7(8)10-6-4-2/h1-2H,5-6H2. The van der Waals surface area contributed by atoms with Gasteiger partial charge in [-0.2, -0.15) is 0 Å². The average molecular weight is 170 g/mol. The molecule has 52 valence electrons. The minimum atomic E-state index is -0.00380. The molecule has 0 unspecified atom stereocenters. The Kier molecular flexibility index (Phi) is 6.27. The fraction of sp³-hybridized carbons (Fsp3) is 0.286. The van der Waals surface area contributed by atoms with Crippen molar-refractivity contribution >= 4 is 28.0 Å². The average Bonchev–Trinajstić information content (AvgIpc) is 1.97. The van der Waals surface area contributed by atoms with Gasteiger partial charge in [0, 0.05) is 0 Å². The predicted octanol–water partition coefficient (Wildman–Crippen LogP) is 1.84. The van der Waals surface area contributed by atoms with Crippen molar-refractivity contribution in [2.24, 2.45) is 0 Å². The van der Waals surface area contributed by atoms with Crippen molar-refractivity contribution in [1.82, 2.24) is 0 Å². The minimum absolute atomic E-state index is 0.00380. The summed E-state index contributed by atoms with van der Waals surface area (Å²) in [7, 11) is 0. The maximum absolute atomic E-state index is 10.7. The van der Waals surface area contributed by atoms with E-state index in [4.69, 9.17) is 12.8 Å². The fourth-order valence-electron chi connectivity index (χ4n) is 0.243. The van der Waals surface area contributed by atoms with Crippen molar-refractivity contribution in [3.8, 4) is 24.7 Å². The molecule has 0 spiro atoms. The van der Waals surface area contributed by atoms with E-state index in [0.29, 0.717) is 11.5 Å². The minimum Gasteiger partial charge on any atom is -0.274 e. The van der Waals surface area contributed by atoms with Crippen LogP contribution in [0, 0.1) is 24.7 Å². The van der Waals surface area contributed by atoms with Crippen LogP contribution in [0.3, 0.4) is 0 Å². The molecule has 0 saturated carbocycles. The summed E-state index contributed by atoms with van der Waals surface area (Å²) in [5.74, 6) is 5.56. The van der Waals surface area contributed by atoms with Crippen LogP contribution in [0.2, 0.25) is 0 Å². The molecule has 0 radical (unpaired) electrons. The molecule has 0 aliphatic carbocycles. The lowest BCUT2D eigenvalue weighted by atomic mass is 10.8. The van der Waals surface area contributed by atoms with Crippen molar-refractivity contribution in [3.05, 3.63) is 0 Å². The van der Waals surface area contributed by atoms with Crippen molar-refractivity contribution in [2.75, 3.05) is 11.5 Å². The van der Waals surface area contributed by atoms with Gasteiger partial charge in [-0.25, -0.2) is 0 Å². The molecule has 0 aromatic heterocycles. The number of carbonyl (C=O) groups is 1. The van der Waals surface area contributed by atoms with Crippen molar-refractivity contribution in [2.45, 2.75) is 0 Å². The molecule has 0 aromatic rings. The number of carbonyl (C=O) groups excluding carboxylic acids is 1. The van der Waals surface area contributed by atoms with Gasteiger partial charge >= 0.3 is 0 Å². The van der Waals surface area contributed by atoms with Crippen LogP contribution in [0.25, 0.3) is 0 Å². The van der Waals surface area contributed by atoms with Gasteiger partial charge in [0.2, 0.25) is 4.45 Å². The highest BCUT2D eigenvalue weighted by Gasteiger charge is 1.98. The summed E-state index contributed by atoms with van der Waals surface area (Å²) in [5.41, 5.74) is 0. The summed E-state index contributed by atoms with van der Waals surface area (Å²) in [6.07, 6.45) is 9.87. The molecular formula is C7H6OS2. The first-order valence-corrected chi connectivity index (χ1v) is 4.45. The van der Waals surface area contributed by atoms with Crippen LogP contribution in [-0.4, -0.2) is 16.0 Å². The molecule has 3 heteroatoms. The smallest absolute Gasteiger partial charge is 0.247 e. The van der Waals surface area contributed by atoms with E-state index >= 15 is 0 Å². The molecule has 1 nitrogen and oxygen atoms in total.